The first-order valence-electron chi connectivity index (χ1n) is 12.4. The van der Waals surface area contributed by atoms with Crippen LogP contribution in [0.25, 0.3) is 11.3 Å². The molecule has 0 atom stereocenters. The van der Waals surface area contributed by atoms with Crippen LogP contribution in [-0.2, 0) is 6.61 Å². The van der Waals surface area contributed by atoms with Gasteiger partial charge in [-0.05, 0) is 82.2 Å². The highest BCUT2D eigenvalue weighted by Gasteiger charge is 2.12. The summed E-state index contributed by atoms with van der Waals surface area (Å²) in [7, 11) is 1.58. The van der Waals surface area contributed by atoms with E-state index in [-0.39, 0.29) is 5.91 Å². The number of nitrogens with one attached hydrogen (secondary N) is 2. The number of methoxy groups -OCH3 is 1. The first kappa shape index (κ1) is 28.6. The SMILES string of the molecule is COc1cc(/C=N\NC(=O)c2ccc(-c3csc(Nc4ccccc4)n3)cc2)cc(I)c1OCc1ccc(Cl)cc1. The van der Waals surface area contributed by atoms with Gasteiger partial charge in [-0.3, -0.25) is 4.79 Å². The van der Waals surface area contributed by atoms with Crippen LogP contribution in [0.2, 0.25) is 5.02 Å². The molecule has 0 aliphatic carbocycles. The maximum atomic E-state index is 12.7. The van der Waals surface area contributed by atoms with Gasteiger partial charge >= 0.3 is 0 Å². The quantitative estimate of drug-likeness (QED) is 0.0876. The number of para-hydroxylation sites is 1. The van der Waals surface area contributed by atoms with Gasteiger partial charge in [-0.1, -0.05) is 54.1 Å². The molecular weight excluding hydrogens is 671 g/mol. The summed E-state index contributed by atoms with van der Waals surface area (Å²) in [6.45, 7) is 0.375. The molecule has 41 heavy (non-hydrogen) atoms. The molecule has 0 radical (unpaired) electrons. The third-order valence-electron chi connectivity index (χ3n) is 5.90. The Hall–Kier alpha value is -3.93. The predicted octanol–water partition coefficient (Wildman–Crippen LogP) is 8.16. The van der Waals surface area contributed by atoms with Gasteiger partial charge in [-0.2, -0.15) is 5.10 Å². The van der Waals surface area contributed by atoms with E-state index in [0.29, 0.717) is 28.7 Å². The van der Waals surface area contributed by atoms with Crippen molar-refractivity contribution in [1.82, 2.24) is 10.4 Å². The van der Waals surface area contributed by atoms with Crippen LogP contribution in [0, 0.1) is 3.57 Å². The molecule has 0 unspecified atom stereocenters. The maximum Gasteiger partial charge on any atom is 0.271 e. The van der Waals surface area contributed by atoms with Crippen LogP contribution in [0.3, 0.4) is 0 Å². The summed E-state index contributed by atoms with van der Waals surface area (Å²) in [4.78, 5) is 17.3. The van der Waals surface area contributed by atoms with E-state index in [9.17, 15) is 4.79 Å². The number of benzene rings is 4. The molecule has 206 valence electrons. The van der Waals surface area contributed by atoms with E-state index in [4.69, 9.17) is 21.1 Å². The van der Waals surface area contributed by atoms with Crippen molar-refractivity contribution in [2.45, 2.75) is 6.61 Å². The predicted molar refractivity (Wildman–Crippen MR) is 174 cm³/mol. The fourth-order valence-corrected chi connectivity index (χ4v) is 5.47. The molecule has 0 aliphatic rings. The van der Waals surface area contributed by atoms with Gasteiger partial charge in [-0.15, -0.1) is 11.3 Å². The van der Waals surface area contributed by atoms with Crippen molar-refractivity contribution in [2.24, 2.45) is 5.10 Å². The van der Waals surface area contributed by atoms with E-state index in [1.807, 2.05) is 78.2 Å². The van der Waals surface area contributed by atoms with Gasteiger partial charge in [0.25, 0.3) is 5.91 Å². The Morgan fingerprint density at radius 2 is 1.80 bits per heavy atom. The van der Waals surface area contributed by atoms with Crippen molar-refractivity contribution in [3.8, 4) is 22.8 Å². The van der Waals surface area contributed by atoms with E-state index < -0.39 is 0 Å². The van der Waals surface area contributed by atoms with Crippen molar-refractivity contribution in [1.29, 1.82) is 0 Å². The smallest absolute Gasteiger partial charge is 0.271 e. The van der Waals surface area contributed by atoms with E-state index in [2.05, 4.69) is 43.4 Å². The minimum Gasteiger partial charge on any atom is -0.493 e. The minimum atomic E-state index is -0.318. The summed E-state index contributed by atoms with van der Waals surface area (Å²) in [6.07, 6.45) is 1.57. The Morgan fingerprint density at radius 3 is 2.54 bits per heavy atom. The highest BCUT2D eigenvalue weighted by molar-refractivity contribution is 14.1. The lowest BCUT2D eigenvalue weighted by atomic mass is 10.1. The monoisotopic (exact) mass is 694 g/mol. The van der Waals surface area contributed by atoms with Crippen molar-refractivity contribution in [3.63, 3.8) is 0 Å². The average Bonchev–Trinajstić information content (AvgIpc) is 3.46. The molecule has 10 heteroatoms. The fourth-order valence-electron chi connectivity index (χ4n) is 3.82. The molecule has 1 aromatic heterocycles. The summed E-state index contributed by atoms with van der Waals surface area (Å²) in [5, 5.41) is 10.9. The zero-order valence-electron chi connectivity index (χ0n) is 21.8. The molecule has 0 fully saturated rings. The largest absolute Gasteiger partial charge is 0.493 e. The maximum absolute atomic E-state index is 12.7. The first-order chi connectivity index (χ1) is 20.0. The molecule has 7 nitrogen and oxygen atoms in total. The van der Waals surface area contributed by atoms with Crippen LogP contribution >= 0.6 is 45.5 Å². The van der Waals surface area contributed by atoms with Crippen LogP contribution in [0.1, 0.15) is 21.5 Å². The van der Waals surface area contributed by atoms with Crippen molar-refractivity contribution < 1.29 is 14.3 Å². The van der Waals surface area contributed by atoms with Crippen LogP contribution in [0.4, 0.5) is 10.8 Å². The molecule has 1 amide bonds. The fraction of sp³-hybridized carbons (Fsp3) is 0.0645. The standard InChI is InChI=1S/C31H24ClIN4O3S/c1-39-28-16-21(15-26(33)29(28)40-18-20-7-13-24(32)14-8-20)17-34-37-30(38)23-11-9-22(10-12-23)27-19-41-31(36-27)35-25-5-3-2-4-6-25/h2-17,19H,18H2,1H3,(H,35,36)(H,37,38)/b34-17-. The number of anilines is 2. The number of nitrogens with zero attached hydrogens (tertiary/aromatic N) is 2. The van der Waals surface area contributed by atoms with Gasteiger partial charge < -0.3 is 14.8 Å². The number of carbonyl (C=O) groups is 1. The molecule has 5 rings (SSSR count). The highest BCUT2D eigenvalue weighted by atomic mass is 127. The number of amides is 1. The number of halogens is 2. The number of hydrazone groups is 1. The van der Waals surface area contributed by atoms with E-state index in [1.54, 1.807) is 31.5 Å². The average molecular weight is 695 g/mol. The first-order valence-corrected chi connectivity index (χ1v) is 14.8. The molecule has 4 aromatic carbocycles. The summed E-state index contributed by atoms with van der Waals surface area (Å²) in [6, 6.07) is 28.3. The topological polar surface area (TPSA) is 84.8 Å². The van der Waals surface area contributed by atoms with Gasteiger partial charge in [-0.25, -0.2) is 10.4 Å². The van der Waals surface area contributed by atoms with E-state index in [1.165, 1.54) is 11.3 Å². The number of thiazole rings is 1. The summed E-state index contributed by atoms with van der Waals surface area (Å²) >= 11 is 9.67. The molecule has 5 aromatic rings. The molecule has 0 spiro atoms. The third-order valence-corrected chi connectivity index (χ3v) is 7.71. The molecule has 0 saturated heterocycles. The normalized spacial score (nSPS) is 10.9. The number of hydrogen-bond acceptors (Lipinski definition) is 7. The number of rotatable bonds is 10. The Labute approximate surface area is 260 Å². The Balaban J connectivity index is 1.18. The van der Waals surface area contributed by atoms with E-state index >= 15 is 0 Å². The van der Waals surface area contributed by atoms with Crippen LogP contribution in [0.15, 0.2) is 101 Å². The molecule has 0 bridgehead atoms. The van der Waals surface area contributed by atoms with Gasteiger partial charge in [0.05, 0.1) is 22.6 Å². The van der Waals surface area contributed by atoms with Gasteiger partial charge in [0, 0.05) is 27.2 Å². The number of carbonyl (C=O) groups excluding carboxylic acids is 1. The lowest BCUT2D eigenvalue weighted by Gasteiger charge is -2.13. The van der Waals surface area contributed by atoms with Gasteiger partial charge in [0.1, 0.15) is 6.61 Å². The summed E-state index contributed by atoms with van der Waals surface area (Å²) < 4.78 is 12.4. The third kappa shape index (κ3) is 7.63. The zero-order chi connectivity index (χ0) is 28.6. The second-order valence-corrected chi connectivity index (χ2v) is 11.2. The molecule has 1 heterocycles. The molecule has 2 N–H and O–H groups in total. The number of aromatic nitrogens is 1. The zero-order valence-corrected chi connectivity index (χ0v) is 25.5. The molecule has 0 aliphatic heterocycles. The van der Waals surface area contributed by atoms with E-state index in [0.717, 1.165) is 36.8 Å². The molecular formula is C31H24ClIN4O3S. The second kappa shape index (κ2) is 13.6. The van der Waals surface area contributed by atoms with Crippen LogP contribution in [0.5, 0.6) is 11.5 Å². The lowest BCUT2D eigenvalue weighted by Crippen LogP contribution is -2.17. The van der Waals surface area contributed by atoms with Gasteiger partial charge in [0.15, 0.2) is 16.6 Å². The Morgan fingerprint density at radius 1 is 1.05 bits per heavy atom. The van der Waals surface area contributed by atoms with Crippen molar-refractivity contribution in [3.05, 3.63) is 122 Å². The summed E-state index contributed by atoms with van der Waals surface area (Å²) in [5.41, 5.74) is 7.55. The van der Waals surface area contributed by atoms with Crippen LogP contribution < -0.4 is 20.2 Å². The van der Waals surface area contributed by atoms with Gasteiger partial charge in [0.2, 0.25) is 0 Å². The van der Waals surface area contributed by atoms with Crippen LogP contribution in [-0.4, -0.2) is 24.2 Å². The lowest BCUT2D eigenvalue weighted by molar-refractivity contribution is 0.0955. The second-order valence-electron chi connectivity index (χ2n) is 8.75. The molecule has 0 saturated carbocycles. The number of ether oxygens (including phenoxy) is 2. The highest BCUT2D eigenvalue weighted by Crippen LogP contribution is 2.34. The Bertz CT molecular complexity index is 1660. The van der Waals surface area contributed by atoms with Crippen molar-refractivity contribution >= 4 is 68.5 Å². The Kier molecular flexibility index (Phi) is 9.50. The summed E-state index contributed by atoms with van der Waals surface area (Å²) in [5.74, 6) is 0.882. The number of hydrogen-bond donors (Lipinski definition) is 2. The van der Waals surface area contributed by atoms with Crippen molar-refractivity contribution in [2.75, 3.05) is 12.4 Å². The minimum absolute atomic E-state index is 0.318.